The number of esters is 3. The molecule has 0 rings (SSSR count). The van der Waals surface area contributed by atoms with Gasteiger partial charge in [0.25, 0.3) is 0 Å². The third-order valence-electron chi connectivity index (χ3n) is 2.74. The van der Waals surface area contributed by atoms with Crippen LogP contribution in [0.4, 0.5) is 0 Å². The maximum absolute atomic E-state index is 11.4. The van der Waals surface area contributed by atoms with Gasteiger partial charge in [-0.3, -0.25) is 14.4 Å². The Bertz CT molecular complexity index is 305. The lowest BCUT2D eigenvalue weighted by molar-refractivity contribution is -0.159. The van der Waals surface area contributed by atoms with Crippen LogP contribution >= 0.6 is 12.4 Å². The first kappa shape index (κ1) is 21.2. The van der Waals surface area contributed by atoms with Crippen molar-refractivity contribution in [2.24, 2.45) is 0 Å². The summed E-state index contributed by atoms with van der Waals surface area (Å²) in [5.41, 5.74) is 0. The van der Waals surface area contributed by atoms with Crippen LogP contribution in [-0.4, -0.2) is 49.6 Å². The number of carbonyl (C=O) groups is 3. The van der Waals surface area contributed by atoms with Gasteiger partial charge in [0, 0.05) is 19.4 Å². The Hall–Kier alpha value is -1.14. The molecule has 0 aliphatic rings. The van der Waals surface area contributed by atoms with Gasteiger partial charge in [-0.1, -0.05) is 13.8 Å². The molecule has 118 valence electrons. The fraction of sp³-hybridized carbons (Fsp3) is 0.769. The van der Waals surface area contributed by atoms with E-state index >= 15 is 0 Å². The molecule has 0 fully saturated rings. The van der Waals surface area contributed by atoms with Gasteiger partial charge < -0.3 is 14.4 Å². The van der Waals surface area contributed by atoms with E-state index in [1.54, 1.807) is 0 Å². The lowest BCUT2D eigenvalue weighted by atomic mass is 10.2. The molecule has 0 saturated heterocycles. The fourth-order valence-corrected chi connectivity index (χ4v) is 1.50. The molecule has 0 atom stereocenters. The van der Waals surface area contributed by atoms with Gasteiger partial charge in [-0.25, -0.2) is 0 Å². The summed E-state index contributed by atoms with van der Waals surface area (Å²) >= 11 is 0. The zero-order valence-electron chi connectivity index (χ0n) is 12.3. The minimum Gasteiger partial charge on any atom is -0.469 e. The maximum Gasteiger partial charge on any atom is 0.314 e. The zero-order valence-corrected chi connectivity index (χ0v) is 13.2. The minimum absolute atomic E-state index is 0. The molecule has 0 amide bonds. The SMILES string of the molecule is CCN(CC)CCC(=O)OC(=O)CCCC(=O)OC.Cl. The Morgan fingerprint density at radius 3 is 1.90 bits per heavy atom. The first-order chi connectivity index (χ1) is 9.03. The predicted octanol–water partition coefficient (Wildman–Crippen LogP) is 1.55. The maximum atomic E-state index is 11.4. The Morgan fingerprint density at radius 1 is 0.900 bits per heavy atom. The van der Waals surface area contributed by atoms with Crippen molar-refractivity contribution in [2.45, 2.75) is 39.5 Å². The van der Waals surface area contributed by atoms with Crippen molar-refractivity contribution in [1.29, 1.82) is 0 Å². The number of halogens is 1. The molecule has 0 radical (unpaired) electrons. The topological polar surface area (TPSA) is 72.9 Å². The number of nitrogens with zero attached hydrogens (tertiary/aromatic N) is 1. The smallest absolute Gasteiger partial charge is 0.314 e. The van der Waals surface area contributed by atoms with Crippen LogP contribution in [0.1, 0.15) is 39.5 Å². The van der Waals surface area contributed by atoms with Crippen molar-refractivity contribution in [3.05, 3.63) is 0 Å². The summed E-state index contributed by atoms with van der Waals surface area (Å²) in [6.45, 7) is 6.31. The number of rotatable bonds is 9. The highest BCUT2D eigenvalue weighted by molar-refractivity contribution is 5.86. The van der Waals surface area contributed by atoms with Gasteiger partial charge in [0.15, 0.2) is 0 Å². The normalized spacial score (nSPS) is 9.80. The molecule has 0 aliphatic heterocycles. The summed E-state index contributed by atoms with van der Waals surface area (Å²) in [6, 6.07) is 0. The molecule has 0 aromatic heterocycles. The number of hydrogen-bond acceptors (Lipinski definition) is 6. The van der Waals surface area contributed by atoms with Gasteiger partial charge in [0.1, 0.15) is 0 Å². The average molecular weight is 310 g/mol. The molecule has 0 N–H and O–H groups in total. The highest BCUT2D eigenvalue weighted by Gasteiger charge is 2.12. The first-order valence-corrected chi connectivity index (χ1v) is 6.56. The van der Waals surface area contributed by atoms with E-state index < -0.39 is 11.9 Å². The van der Waals surface area contributed by atoms with E-state index in [1.807, 2.05) is 13.8 Å². The van der Waals surface area contributed by atoms with Crippen molar-refractivity contribution in [2.75, 3.05) is 26.7 Å². The van der Waals surface area contributed by atoms with E-state index in [0.717, 1.165) is 13.1 Å². The fourth-order valence-electron chi connectivity index (χ4n) is 1.50. The van der Waals surface area contributed by atoms with Crippen molar-refractivity contribution in [3.63, 3.8) is 0 Å². The van der Waals surface area contributed by atoms with E-state index in [4.69, 9.17) is 0 Å². The zero-order chi connectivity index (χ0) is 14.7. The van der Waals surface area contributed by atoms with Crippen molar-refractivity contribution < 1.29 is 23.9 Å². The van der Waals surface area contributed by atoms with E-state index in [-0.39, 0.29) is 37.6 Å². The standard InChI is InChI=1S/C13H23NO5.ClH/c1-4-14(5-2)10-9-13(17)19-12(16)8-6-7-11(15)18-3;/h4-10H2,1-3H3;1H. The number of ether oxygens (including phenoxy) is 2. The highest BCUT2D eigenvalue weighted by Crippen LogP contribution is 2.01. The van der Waals surface area contributed by atoms with Crippen molar-refractivity contribution in [1.82, 2.24) is 4.90 Å². The summed E-state index contributed by atoms with van der Waals surface area (Å²) < 4.78 is 9.09. The van der Waals surface area contributed by atoms with Crippen LogP contribution in [0, 0.1) is 0 Å². The second-order valence-electron chi connectivity index (χ2n) is 4.05. The minimum atomic E-state index is -0.589. The van der Waals surface area contributed by atoms with Crippen molar-refractivity contribution in [3.8, 4) is 0 Å². The number of hydrogen-bond donors (Lipinski definition) is 0. The van der Waals surface area contributed by atoms with Crippen LogP contribution in [0.25, 0.3) is 0 Å². The third kappa shape index (κ3) is 10.8. The Morgan fingerprint density at radius 2 is 1.40 bits per heavy atom. The summed E-state index contributed by atoms with van der Waals surface area (Å²) in [4.78, 5) is 35.6. The molecule has 0 unspecified atom stereocenters. The van der Waals surface area contributed by atoms with E-state index in [9.17, 15) is 14.4 Å². The van der Waals surface area contributed by atoms with Gasteiger partial charge in [-0.15, -0.1) is 12.4 Å². The second kappa shape index (κ2) is 12.9. The number of carbonyl (C=O) groups excluding carboxylic acids is 3. The molecule has 0 aromatic carbocycles. The quantitative estimate of drug-likeness (QED) is 0.475. The van der Waals surface area contributed by atoms with Crippen LogP contribution in [0.3, 0.4) is 0 Å². The molecule has 0 aromatic rings. The van der Waals surface area contributed by atoms with Gasteiger partial charge in [-0.05, 0) is 19.5 Å². The van der Waals surface area contributed by atoms with E-state index in [2.05, 4.69) is 14.4 Å². The predicted molar refractivity (Wildman–Crippen MR) is 76.6 cm³/mol. The average Bonchev–Trinajstić information content (AvgIpc) is 2.39. The molecule has 0 saturated carbocycles. The van der Waals surface area contributed by atoms with Gasteiger partial charge in [0.2, 0.25) is 0 Å². The second-order valence-corrected chi connectivity index (χ2v) is 4.05. The van der Waals surface area contributed by atoms with Crippen LogP contribution in [-0.2, 0) is 23.9 Å². The molecule has 7 heteroatoms. The summed E-state index contributed by atoms with van der Waals surface area (Å²) in [7, 11) is 1.29. The van der Waals surface area contributed by atoms with Crippen LogP contribution < -0.4 is 0 Å². The summed E-state index contributed by atoms with van der Waals surface area (Å²) in [6.07, 6.45) is 0.727. The van der Waals surface area contributed by atoms with Gasteiger partial charge in [0.05, 0.1) is 13.5 Å². The molecule has 6 nitrogen and oxygen atoms in total. The largest absolute Gasteiger partial charge is 0.469 e. The molecular weight excluding hydrogens is 286 g/mol. The summed E-state index contributed by atoms with van der Waals surface area (Å²) in [5.74, 6) is -1.48. The molecule has 0 heterocycles. The van der Waals surface area contributed by atoms with Gasteiger partial charge >= 0.3 is 17.9 Å². The monoisotopic (exact) mass is 309 g/mol. The molecule has 20 heavy (non-hydrogen) atoms. The molecule has 0 spiro atoms. The molecule has 0 bridgehead atoms. The number of methoxy groups -OCH3 is 1. The highest BCUT2D eigenvalue weighted by atomic mass is 35.5. The van der Waals surface area contributed by atoms with E-state index in [0.29, 0.717) is 13.0 Å². The molecular formula is C13H24ClNO5. The van der Waals surface area contributed by atoms with Crippen LogP contribution in [0.5, 0.6) is 0 Å². The van der Waals surface area contributed by atoms with E-state index in [1.165, 1.54) is 7.11 Å². The lowest BCUT2D eigenvalue weighted by Gasteiger charge is -2.16. The Balaban J connectivity index is 0. The van der Waals surface area contributed by atoms with Crippen LogP contribution in [0.15, 0.2) is 0 Å². The van der Waals surface area contributed by atoms with Crippen LogP contribution in [0.2, 0.25) is 0 Å². The van der Waals surface area contributed by atoms with Gasteiger partial charge in [-0.2, -0.15) is 0 Å². The lowest BCUT2D eigenvalue weighted by Crippen LogP contribution is -2.26. The first-order valence-electron chi connectivity index (χ1n) is 6.56. The Labute approximate surface area is 126 Å². The Kier molecular flexibility index (Phi) is 13.6. The summed E-state index contributed by atoms with van der Waals surface area (Å²) in [5, 5.41) is 0. The molecule has 0 aliphatic carbocycles. The van der Waals surface area contributed by atoms with Crippen molar-refractivity contribution >= 4 is 30.3 Å². The third-order valence-corrected chi connectivity index (χ3v) is 2.74.